The summed E-state index contributed by atoms with van der Waals surface area (Å²) in [6.07, 6.45) is 1.90. The molecule has 3 rings (SSSR count). The van der Waals surface area contributed by atoms with Crippen molar-refractivity contribution in [2.45, 2.75) is 32.6 Å². The van der Waals surface area contributed by atoms with Crippen LogP contribution in [0.15, 0.2) is 28.7 Å². The van der Waals surface area contributed by atoms with Crippen molar-refractivity contribution < 1.29 is 13.9 Å². The highest BCUT2D eigenvalue weighted by Gasteiger charge is 2.24. The van der Waals surface area contributed by atoms with E-state index in [9.17, 15) is 4.79 Å². The standard InChI is InChI=1S/C19H26N2O3/c1-4-21(19(22)23-5-2)16-8-6-7-15-13-17(24-18(15)16)14-9-11-20(3)12-10-14/h6-8,13-14H,4-5,9-12H2,1-3H3. The molecule has 130 valence electrons. The van der Waals surface area contributed by atoms with Crippen molar-refractivity contribution in [2.75, 3.05) is 38.2 Å². The first-order chi connectivity index (χ1) is 11.6. The van der Waals surface area contributed by atoms with Gasteiger partial charge in [-0.1, -0.05) is 12.1 Å². The Bertz CT molecular complexity index is 702. The Morgan fingerprint density at radius 2 is 2.08 bits per heavy atom. The molecule has 24 heavy (non-hydrogen) atoms. The molecule has 1 saturated heterocycles. The molecule has 2 heterocycles. The summed E-state index contributed by atoms with van der Waals surface area (Å²) in [6.45, 7) is 6.86. The van der Waals surface area contributed by atoms with Gasteiger partial charge in [0.05, 0.1) is 12.3 Å². The highest BCUT2D eigenvalue weighted by Crippen LogP contribution is 2.36. The van der Waals surface area contributed by atoms with Gasteiger partial charge in [-0.3, -0.25) is 4.90 Å². The third-order valence-electron chi connectivity index (χ3n) is 4.76. The minimum atomic E-state index is -0.329. The molecule has 5 heteroatoms. The smallest absolute Gasteiger partial charge is 0.414 e. The van der Waals surface area contributed by atoms with Crippen LogP contribution in [0.1, 0.15) is 38.4 Å². The second-order valence-electron chi connectivity index (χ2n) is 6.36. The van der Waals surface area contributed by atoms with Gasteiger partial charge < -0.3 is 14.1 Å². The molecule has 1 aromatic heterocycles. The quantitative estimate of drug-likeness (QED) is 0.842. The summed E-state index contributed by atoms with van der Waals surface area (Å²) in [6, 6.07) is 8.06. The fourth-order valence-electron chi connectivity index (χ4n) is 3.37. The number of likely N-dealkylation sites (tertiary alicyclic amines) is 1. The van der Waals surface area contributed by atoms with Crippen LogP contribution in [0.5, 0.6) is 0 Å². The molecule has 0 saturated carbocycles. The number of furan rings is 1. The average Bonchev–Trinajstić information content (AvgIpc) is 3.01. The SMILES string of the molecule is CCOC(=O)N(CC)c1cccc2cc(C3CCN(C)CC3)oc12. The highest BCUT2D eigenvalue weighted by molar-refractivity contribution is 5.98. The van der Waals surface area contributed by atoms with Crippen LogP contribution in [0, 0.1) is 0 Å². The molecule has 1 aliphatic rings. The van der Waals surface area contributed by atoms with E-state index in [1.165, 1.54) is 0 Å². The predicted molar refractivity (Wildman–Crippen MR) is 95.7 cm³/mol. The monoisotopic (exact) mass is 330 g/mol. The number of ether oxygens (including phenoxy) is 1. The number of nitrogens with zero attached hydrogens (tertiary/aromatic N) is 2. The number of anilines is 1. The Labute approximate surface area is 143 Å². The molecule has 0 atom stereocenters. The van der Waals surface area contributed by atoms with Gasteiger partial charge >= 0.3 is 6.09 Å². The summed E-state index contributed by atoms with van der Waals surface area (Å²) < 4.78 is 11.4. The molecule has 0 unspecified atom stereocenters. The van der Waals surface area contributed by atoms with Crippen molar-refractivity contribution in [3.63, 3.8) is 0 Å². The van der Waals surface area contributed by atoms with E-state index in [4.69, 9.17) is 9.15 Å². The van der Waals surface area contributed by atoms with Crippen LogP contribution in [0.3, 0.4) is 0 Å². The van der Waals surface area contributed by atoms with E-state index in [1.54, 1.807) is 4.90 Å². The van der Waals surface area contributed by atoms with Gasteiger partial charge in [0.15, 0.2) is 5.58 Å². The molecular weight excluding hydrogens is 304 g/mol. The summed E-state index contributed by atoms with van der Waals surface area (Å²) in [7, 11) is 2.16. The van der Waals surface area contributed by atoms with Crippen molar-refractivity contribution >= 4 is 22.7 Å². The number of piperidine rings is 1. The van der Waals surface area contributed by atoms with Gasteiger partial charge in [-0.25, -0.2) is 4.79 Å². The second kappa shape index (κ2) is 7.26. The van der Waals surface area contributed by atoms with E-state index in [-0.39, 0.29) is 6.09 Å². The molecule has 0 N–H and O–H groups in total. The van der Waals surface area contributed by atoms with Crippen LogP contribution < -0.4 is 4.90 Å². The number of para-hydroxylation sites is 1. The van der Waals surface area contributed by atoms with Crippen LogP contribution in [0.2, 0.25) is 0 Å². The van der Waals surface area contributed by atoms with Gasteiger partial charge in [0.1, 0.15) is 5.76 Å². The van der Waals surface area contributed by atoms with E-state index in [1.807, 2.05) is 32.0 Å². The molecule has 0 radical (unpaired) electrons. The number of benzene rings is 1. The molecule has 1 amide bonds. The van der Waals surface area contributed by atoms with Gasteiger partial charge in [-0.2, -0.15) is 0 Å². The first kappa shape index (κ1) is 16.8. The second-order valence-corrected chi connectivity index (χ2v) is 6.36. The number of hydrogen-bond donors (Lipinski definition) is 0. The Hall–Kier alpha value is -2.01. The minimum absolute atomic E-state index is 0.329. The number of hydrogen-bond acceptors (Lipinski definition) is 4. The maximum absolute atomic E-state index is 12.2. The summed E-state index contributed by atoms with van der Waals surface area (Å²) >= 11 is 0. The Morgan fingerprint density at radius 1 is 1.33 bits per heavy atom. The summed E-state index contributed by atoms with van der Waals surface area (Å²) in [5.74, 6) is 1.49. The molecule has 5 nitrogen and oxygen atoms in total. The minimum Gasteiger partial charge on any atom is -0.459 e. The number of carbonyl (C=O) groups is 1. The van der Waals surface area contributed by atoms with Crippen molar-refractivity contribution in [1.29, 1.82) is 0 Å². The normalized spacial score (nSPS) is 16.5. The van der Waals surface area contributed by atoms with Crippen molar-refractivity contribution in [3.05, 3.63) is 30.0 Å². The third kappa shape index (κ3) is 3.26. The zero-order valence-electron chi connectivity index (χ0n) is 14.7. The number of fused-ring (bicyclic) bond motifs is 1. The fraction of sp³-hybridized carbons (Fsp3) is 0.526. The average molecular weight is 330 g/mol. The molecular formula is C19H26N2O3. The Morgan fingerprint density at radius 3 is 2.75 bits per heavy atom. The van der Waals surface area contributed by atoms with Crippen LogP contribution in [0.4, 0.5) is 10.5 Å². The van der Waals surface area contributed by atoms with E-state index in [0.717, 1.165) is 48.3 Å². The summed E-state index contributed by atoms with van der Waals surface area (Å²) in [5.41, 5.74) is 1.56. The molecule has 0 aliphatic carbocycles. The lowest BCUT2D eigenvalue weighted by molar-refractivity contribution is 0.160. The predicted octanol–water partition coefficient (Wildman–Crippen LogP) is 4.22. The first-order valence-electron chi connectivity index (χ1n) is 8.79. The molecule has 0 bridgehead atoms. The molecule has 2 aromatic rings. The maximum Gasteiger partial charge on any atom is 0.414 e. The van der Waals surface area contributed by atoms with Gasteiger partial charge in [0.2, 0.25) is 0 Å². The molecule has 1 aliphatic heterocycles. The van der Waals surface area contributed by atoms with Gasteiger partial charge in [-0.15, -0.1) is 0 Å². The number of carbonyl (C=O) groups excluding carboxylic acids is 1. The lowest BCUT2D eigenvalue weighted by Gasteiger charge is -2.27. The topological polar surface area (TPSA) is 45.9 Å². The van der Waals surface area contributed by atoms with Crippen molar-refractivity contribution in [2.24, 2.45) is 0 Å². The van der Waals surface area contributed by atoms with E-state index in [2.05, 4.69) is 18.0 Å². The molecule has 0 spiro atoms. The zero-order chi connectivity index (χ0) is 17.1. The summed E-state index contributed by atoms with van der Waals surface area (Å²) in [4.78, 5) is 16.2. The van der Waals surface area contributed by atoms with Crippen LogP contribution in [0.25, 0.3) is 11.0 Å². The third-order valence-corrected chi connectivity index (χ3v) is 4.76. The van der Waals surface area contributed by atoms with Gasteiger partial charge in [0.25, 0.3) is 0 Å². The maximum atomic E-state index is 12.2. The Kier molecular flexibility index (Phi) is 5.09. The highest BCUT2D eigenvalue weighted by atomic mass is 16.6. The zero-order valence-corrected chi connectivity index (χ0v) is 14.7. The number of rotatable bonds is 4. The van der Waals surface area contributed by atoms with Gasteiger partial charge in [-0.05, 0) is 59.0 Å². The molecule has 1 fully saturated rings. The lowest BCUT2D eigenvalue weighted by atomic mass is 9.94. The molecule has 1 aromatic carbocycles. The Balaban J connectivity index is 1.93. The first-order valence-corrected chi connectivity index (χ1v) is 8.79. The largest absolute Gasteiger partial charge is 0.459 e. The van der Waals surface area contributed by atoms with Crippen molar-refractivity contribution in [1.82, 2.24) is 4.90 Å². The van der Waals surface area contributed by atoms with E-state index >= 15 is 0 Å². The summed E-state index contributed by atoms with van der Waals surface area (Å²) in [5, 5.41) is 1.05. The van der Waals surface area contributed by atoms with Crippen LogP contribution >= 0.6 is 0 Å². The van der Waals surface area contributed by atoms with Crippen LogP contribution in [-0.4, -0.2) is 44.3 Å². The van der Waals surface area contributed by atoms with E-state index < -0.39 is 0 Å². The lowest BCUT2D eigenvalue weighted by Crippen LogP contribution is -2.31. The fourth-order valence-corrected chi connectivity index (χ4v) is 3.37. The van der Waals surface area contributed by atoms with E-state index in [0.29, 0.717) is 19.1 Å². The van der Waals surface area contributed by atoms with Gasteiger partial charge in [0, 0.05) is 17.8 Å². The number of amides is 1. The van der Waals surface area contributed by atoms with Crippen LogP contribution in [-0.2, 0) is 4.74 Å². The van der Waals surface area contributed by atoms with Crippen molar-refractivity contribution in [3.8, 4) is 0 Å².